The Kier molecular flexibility index (Phi) is 6.51. The van der Waals surface area contributed by atoms with E-state index < -0.39 is 23.7 Å². The number of benzene rings is 3. The van der Waals surface area contributed by atoms with Gasteiger partial charge in [-0.1, -0.05) is 48.5 Å². The maximum Gasteiger partial charge on any atom is 0.416 e. The van der Waals surface area contributed by atoms with E-state index in [0.717, 1.165) is 17.7 Å². The highest BCUT2D eigenvalue weighted by molar-refractivity contribution is 5.95. The Morgan fingerprint density at radius 1 is 0.800 bits per heavy atom. The summed E-state index contributed by atoms with van der Waals surface area (Å²) in [7, 11) is 0. The monoisotopic (exact) mass is 412 g/mol. The topological polar surface area (TPSA) is 58.2 Å². The highest BCUT2D eigenvalue weighted by atomic mass is 19.4. The van der Waals surface area contributed by atoms with E-state index >= 15 is 0 Å². The van der Waals surface area contributed by atoms with E-state index in [1.807, 2.05) is 6.07 Å². The zero-order chi connectivity index (χ0) is 21.6. The predicted molar refractivity (Wildman–Crippen MR) is 108 cm³/mol. The lowest BCUT2D eigenvalue weighted by Crippen LogP contribution is -2.31. The van der Waals surface area contributed by atoms with Crippen molar-refractivity contribution in [2.45, 2.75) is 18.6 Å². The van der Waals surface area contributed by atoms with Crippen molar-refractivity contribution < 1.29 is 22.8 Å². The predicted octanol–water partition coefficient (Wildman–Crippen LogP) is 5.21. The van der Waals surface area contributed by atoms with Crippen LogP contribution in [-0.2, 0) is 11.0 Å². The van der Waals surface area contributed by atoms with Gasteiger partial charge in [0, 0.05) is 11.3 Å². The Hall–Kier alpha value is -3.61. The van der Waals surface area contributed by atoms with Crippen molar-refractivity contribution >= 4 is 17.5 Å². The van der Waals surface area contributed by atoms with Gasteiger partial charge >= 0.3 is 6.18 Å². The van der Waals surface area contributed by atoms with E-state index in [1.165, 1.54) is 12.1 Å². The molecule has 0 bridgehead atoms. The number of hydrogen-bond donors (Lipinski definition) is 2. The van der Waals surface area contributed by atoms with Crippen LogP contribution in [0.25, 0.3) is 0 Å². The molecule has 3 aromatic rings. The second-order valence-corrected chi connectivity index (χ2v) is 6.63. The zero-order valence-electron chi connectivity index (χ0n) is 15.8. The second-order valence-electron chi connectivity index (χ2n) is 6.63. The first-order valence-corrected chi connectivity index (χ1v) is 9.21. The largest absolute Gasteiger partial charge is 0.416 e. The molecule has 154 valence electrons. The van der Waals surface area contributed by atoms with Gasteiger partial charge in [-0.15, -0.1) is 0 Å². The summed E-state index contributed by atoms with van der Waals surface area (Å²) in [5, 5.41) is 5.42. The number of anilines is 1. The lowest BCUT2D eigenvalue weighted by atomic mass is 10.0. The van der Waals surface area contributed by atoms with Crippen LogP contribution in [0.15, 0.2) is 84.9 Å². The highest BCUT2D eigenvalue weighted by Crippen LogP contribution is 2.30. The minimum Gasteiger partial charge on any atom is -0.345 e. The molecule has 4 nitrogen and oxygen atoms in total. The Balaban J connectivity index is 1.71. The number of amides is 2. The lowest BCUT2D eigenvalue weighted by Gasteiger charge is -2.19. The normalized spacial score (nSPS) is 12.1. The summed E-state index contributed by atoms with van der Waals surface area (Å²) >= 11 is 0. The molecule has 0 saturated heterocycles. The number of carbonyl (C=O) groups is 2. The quantitative estimate of drug-likeness (QED) is 0.584. The molecule has 0 unspecified atom stereocenters. The van der Waals surface area contributed by atoms with Gasteiger partial charge in [0.05, 0.1) is 18.0 Å². The van der Waals surface area contributed by atoms with Crippen LogP contribution in [0.5, 0.6) is 0 Å². The molecule has 0 fully saturated rings. The fourth-order valence-corrected chi connectivity index (χ4v) is 2.91. The fourth-order valence-electron chi connectivity index (χ4n) is 2.91. The molecule has 0 spiro atoms. The summed E-state index contributed by atoms with van der Waals surface area (Å²) in [6, 6.07) is 21.2. The molecule has 0 heterocycles. The van der Waals surface area contributed by atoms with Gasteiger partial charge in [0.25, 0.3) is 5.91 Å². The van der Waals surface area contributed by atoms with E-state index in [-0.39, 0.29) is 18.0 Å². The molecule has 3 rings (SSSR count). The average Bonchev–Trinajstić information content (AvgIpc) is 2.74. The van der Waals surface area contributed by atoms with Crippen molar-refractivity contribution in [2.75, 3.05) is 5.32 Å². The first kappa shape index (κ1) is 21.1. The summed E-state index contributed by atoms with van der Waals surface area (Å²) in [5.74, 6) is -0.760. The van der Waals surface area contributed by atoms with E-state index in [2.05, 4.69) is 10.6 Å². The second kappa shape index (κ2) is 9.26. The molecule has 0 aliphatic heterocycles. The zero-order valence-corrected chi connectivity index (χ0v) is 15.8. The number of halogens is 3. The molecule has 0 aliphatic carbocycles. The van der Waals surface area contributed by atoms with Crippen LogP contribution < -0.4 is 10.6 Å². The fraction of sp³-hybridized carbons (Fsp3) is 0.130. The van der Waals surface area contributed by atoms with Crippen LogP contribution in [0.3, 0.4) is 0 Å². The molecule has 0 aliphatic rings. The Morgan fingerprint density at radius 2 is 1.37 bits per heavy atom. The first-order valence-electron chi connectivity index (χ1n) is 9.21. The minimum atomic E-state index is -4.44. The molecule has 0 radical (unpaired) electrons. The molecule has 30 heavy (non-hydrogen) atoms. The summed E-state index contributed by atoms with van der Waals surface area (Å²) in [6.45, 7) is 0. The maximum absolute atomic E-state index is 12.7. The third-order valence-electron chi connectivity index (χ3n) is 4.43. The van der Waals surface area contributed by atoms with Gasteiger partial charge < -0.3 is 10.6 Å². The van der Waals surface area contributed by atoms with E-state index in [4.69, 9.17) is 0 Å². The third-order valence-corrected chi connectivity index (χ3v) is 4.43. The Bertz CT molecular complexity index is 988. The van der Waals surface area contributed by atoms with Gasteiger partial charge in [0.2, 0.25) is 5.91 Å². The van der Waals surface area contributed by atoms with Crippen LogP contribution in [0.1, 0.15) is 33.9 Å². The van der Waals surface area contributed by atoms with Crippen LogP contribution in [0.4, 0.5) is 18.9 Å². The molecule has 1 atom stereocenters. The summed E-state index contributed by atoms with van der Waals surface area (Å²) in [4.78, 5) is 25.1. The van der Waals surface area contributed by atoms with Crippen molar-refractivity contribution in [3.63, 3.8) is 0 Å². The molecule has 2 amide bonds. The number of carbonyl (C=O) groups excluding carboxylic acids is 2. The molecule has 7 heteroatoms. The maximum atomic E-state index is 12.7. The van der Waals surface area contributed by atoms with Crippen molar-refractivity contribution in [3.8, 4) is 0 Å². The summed E-state index contributed by atoms with van der Waals surface area (Å²) in [5.41, 5.74) is 0.651. The van der Waals surface area contributed by atoms with E-state index in [0.29, 0.717) is 5.56 Å². The van der Waals surface area contributed by atoms with Gasteiger partial charge in [-0.3, -0.25) is 9.59 Å². The van der Waals surface area contributed by atoms with Crippen LogP contribution in [0, 0.1) is 0 Å². The molecule has 0 aromatic heterocycles. The number of nitrogens with one attached hydrogen (secondary N) is 2. The van der Waals surface area contributed by atoms with Crippen LogP contribution >= 0.6 is 0 Å². The van der Waals surface area contributed by atoms with Gasteiger partial charge in [-0.25, -0.2) is 0 Å². The van der Waals surface area contributed by atoms with Gasteiger partial charge in [0.1, 0.15) is 0 Å². The molecule has 2 N–H and O–H groups in total. The standard InChI is InChI=1S/C23H19F3N2O2/c24-23(25,26)18-11-13-19(14-12-18)27-21(29)15-20(16-7-3-1-4-8-16)28-22(30)17-9-5-2-6-10-17/h1-14,20H,15H2,(H,27,29)(H,28,30)/t20-/m1/s1. The number of rotatable bonds is 6. The molecular formula is C23H19F3N2O2. The van der Waals surface area contributed by atoms with Crippen LogP contribution in [0.2, 0.25) is 0 Å². The summed E-state index contributed by atoms with van der Waals surface area (Å²) in [6.07, 6.45) is -4.52. The van der Waals surface area contributed by atoms with Crippen molar-refractivity contribution in [1.82, 2.24) is 5.32 Å². The van der Waals surface area contributed by atoms with Crippen molar-refractivity contribution in [1.29, 1.82) is 0 Å². The van der Waals surface area contributed by atoms with Gasteiger partial charge in [-0.2, -0.15) is 13.2 Å². The summed E-state index contributed by atoms with van der Waals surface area (Å²) < 4.78 is 38.0. The molecule has 0 saturated carbocycles. The minimum absolute atomic E-state index is 0.0798. The smallest absolute Gasteiger partial charge is 0.345 e. The van der Waals surface area contributed by atoms with Gasteiger partial charge in [0.15, 0.2) is 0 Å². The SMILES string of the molecule is O=C(C[C@@H](NC(=O)c1ccccc1)c1ccccc1)Nc1ccc(C(F)(F)F)cc1. The van der Waals surface area contributed by atoms with Crippen molar-refractivity contribution in [3.05, 3.63) is 102 Å². The molecular weight excluding hydrogens is 393 g/mol. The third kappa shape index (κ3) is 5.70. The number of alkyl halides is 3. The van der Waals surface area contributed by atoms with Crippen LogP contribution in [-0.4, -0.2) is 11.8 Å². The highest BCUT2D eigenvalue weighted by Gasteiger charge is 2.30. The van der Waals surface area contributed by atoms with Gasteiger partial charge in [-0.05, 0) is 42.0 Å². The lowest BCUT2D eigenvalue weighted by molar-refractivity contribution is -0.137. The first-order chi connectivity index (χ1) is 14.3. The average molecular weight is 412 g/mol. The van der Waals surface area contributed by atoms with Crippen molar-refractivity contribution in [2.24, 2.45) is 0 Å². The van der Waals surface area contributed by atoms with E-state index in [1.54, 1.807) is 54.6 Å². The Morgan fingerprint density at radius 3 is 1.93 bits per heavy atom. The van der Waals surface area contributed by atoms with E-state index in [9.17, 15) is 22.8 Å². The number of hydrogen-bond acceptors (Lipinski definition) is 2. The Labute approximate surface area is 171 Å². The molecule has 3 aromatic carbocycles.